The molecule has 2 N–H and O–H groups in total. The van der Waals surface area contributed by atoms with Crippen LogP contribution >= 0.6 is 0 Å². The molecule has 1 aliphatic carbocycles. The number of nitrogens with one attached hydrogen (secondary N) is 1. The summed E-state index contributed by atoms with van der Waals surface area (Å²) in [5.74, 6) is 0. The van der Waals surface area contributed by atoms with E-state index in [-0.39, 0.29) is 12.1 Å². The van der Waals surface area contributed by atoms with Crippen molar-refractivity contribution in [2.75, 3.05) is 19.7 Å². The largest absolute Gasteiger partial charge is 0.394 e. The van der Waals surface area contributed by atoms with Crippen LogP contribution in [0.5, 0.6) is 0 Å². The minimum absolute atomic E-state index is 0.0439. The summed E-state index contributed by atoms with van der Waals surface area (Å²) >= 11 is 0. The Bertz CT molecular complexity index is 255. The van der Waals surface area contributed by atoms with Crippen molar-refractivity contribution in [2.45, 2.75) is 76.4 Å². The quantitative estimate of drug-likeness (QED) is 0.652. The van der Waals surface area contributed by atoms with Gasteiger partial charge < -0.3 is 15.3 Å². The molecular formula is C15H30N2O. The fourth-order valence-corrected chi connectivity index (χ4v) is 3.07. The number of aliphatic hydroxyl groups is 1. The molecule has 0 aromatic rings. The lowest BCUT2D eigenvalue weighted by Gasteiger charge is -2.29. The first kappa shape index (κ1) is 14.3. The summed E-state index contributed by atoms with van der Waals surface area (Å²) in [4.78, 5) is 2.62. The lowest BCUT2D eigenvalue weighted by Crippen LogP contribution is -2.47. The third-order valence-corrected chi connectivity index (χ3v) is 4.59. The van der Waals surface area contributed by atoms with Crippen molar-refractivity contribution in [2.24, 2.45) is 0 Å². The minimum atomic E-state index is -0.0439. The highest BCUT2D eigenvalue weighted by Crippen LogP contribution is 2.25. The average molecular weight is 254 g/mol. The van der Waals surface area contributed by atoms with E-state index in [1.165, 1.54) is 51.6 Å². The molecule has 1 saturated heterocycles. The number of aliphatic hydroxyl groups excluding tert-OH is 1. The lowest BCUT2D eigenvalue weighted by atomic mass is 9.95. The number of unbranched alkanes of at least 4 members (excludes halogenated alkanes) is 1. The van der Waals surface area contributed by atoms with Crippen LogP contribution in [0.4, 0.5) is 0 Å². The van der Waals surface area contributed by atoms with Crippen LogP contribution in [0.3, 0.4) is 0 Å². The molecule has 2 rings (SSSR count). The van der Waals surface area contributed by atoms with Gasteiger partial charge in [-0.2, -0.15) is 0 Å². The molecule has 0 amide bonds. The summed E-state index contributed by atoms with van der Waals surface area (Å²) in [5, 5.41) is 13.1. The van der Waals surface area contributed by atoms with Crippen LogP contribution in [-0.2, 0) is 0 Å². The Kier molecular flexibility index (Phi) is 5.05. The lowest BCUT2D eigenvalue weighted by molar-refractivity contribution is 0.158. The van der Waals surface area contributed by atoms with Crippen LogP contribution in [0, 0.1) is 0 Å². The molecule has 1 aliphatic heterocycles. The Morgan fingerprint density at radius 1 is 1.28 bits per heavy atom. The Labute approximate surface area is 112 Å². The molecule has 2 aliphatic rings. The fourth-order valence-electron chi connectivity index (χ4n) is 3.07. The molecule has 2 fully saturated rings. The van der Waals surface area contributed by atoms with Gasteiger partial charge in [0.15, 0.2) is 0 Å². The van der Waals surface area contributed by atoms with Crippen molar-refractivity contribution in [1.29, 1.82) is 0 Å². The standard InChI is InChI=1S/C15H30N2O/c1-13-6-5-11-17(13)10-4-3-9-15(2,12-18)16-14-7-8-14/h13-14,16,18H,3-12H2,1-2H3. The van der Waals surface area contributed by atoms with E-state index in [2.05, 4.69) is 24.1 Å². The van der Waals surface area contributed by atoms with Crippen LogP contribution in [0.15, 0.2) is 0 Å². The minimum Gasteiger partial charge on any atom is -0.394 e. The number of nitrogens with zero attached hydrogens (tertiary/aromatic N) is 1. The molecule has 18 heavy (non-hydrogen) atoms. The first-order valence-electron chi connectivity index (χ1n) is 7.75. The molecule has 0 bridgehead atoms. The van der Waals surface area contributed by atoms with E-state index in [1.54, 1.807) is 0 Å². The fraction of sp³-hybridized carbons (Fsp3) is 1.00. The van der Waals surface area contributed by atoms with Gasteiger partial charge in [0.05, 0.1) is 6.61 Å². The molecule has 0 aromatic carbocycles. The molecule has 0 spiro atoms. The van der Waals surface area contributed by atoms with Crippen molar-refractivity contribution in [3.05, 3.63) is 0 Å². The summed E-state index contributed by atoms with van der Waals surface area (Å²) in [6.07, 6.45) is 8.92. The number of likely N-dealkylation sites (tertiary alicyclic amines) is 1. The van der Waals surface area contributed by atoms with Gasteiger partial charge >= 0.3 is 0 Å². The van der Waals surface area contributed by atoms with E-state index in [1.807, 2.05) is 0 Å². The predicted molar refractivity (Wildman–Crippen MR) is 75.8 cm³/mol. The molecule has 0 radical (unpaired) electrons. The summed E-state index contributed by atoms with van der Waals surface area (Å²) in [7, 11) is 0. The summed E-state index contributed by atoms with van der Waals surface area (Å²) in [6.45, 7) is 7.32. The monoisotopic (exact) mass is 254 g/mol. The zero-order valence-corrected chi connectivity index (χ0v) is 12.1. The highest BCUT2D eigenvalue weighted by molar-refractivity contribution is 4.92. The van der Waals surface area contributed by atoms with E-state index >= 15 is 0 Å². The molecule has 1 heterocycles. The van der Waals surface area contributed by atoms with Crippen molar-refractivity contribution >= 4 is 0 Å². The summed E-state index contributed by atoms with van der Waals surface area (Å²) in [5.41, 5.74) is -0.0439. The molecule has 1 saturated carbocycles. The number of rotatable bonds is 8. The predicted octanol–water partition coefficient (Wildman–Crippen LogP) is 2.14. The van der Waals surface area contributed by atoms with Crippen LogP contribution in [0.2, 0.25) is 0 Å². The SMILES string of the molecule is CC1CCCN1CCCCC(C)(CO)NC1CC1. The Morgan fingerprint density at radius 3 is 2.61 bits per heavy atom. The Balaban J connectivity index is 1.60. The number of hydrogen-bond acceptors (Lipinski definition) is 3. The highest BCUT2D eigenvalue weighted by atomic mass is 16.3. The van der Waals surface area contributed by atoms with E-state index in [4.69, 9.17) is 0 Å². The second kappa shape index (κ2) is 6.36. The maximum Gasteiger partial charge on any atom is 0.0610 e. The maximum absolute atomic E-state index is 9.54. The van der Waals surface area contributed by atoms with Gasteiger partial charge in [0.2, 0.25) is 0 Å². The molecule has 106 valence electrons. The van der Waals surface area contributed by atoms with Gasteiger partial charge in [-0.3, -0.25) is 0 Å². The molecule has 0 aromatic heterocycles. The van der Waals surface area contributed by atoms with Gasteiger partial charge in [-0.05, 0) is 65.5 Å². The van der Waals surface area contributed by atoms with Gasteiger partial charge in [0.1, 0.15) is 0 Å². The van der Waals surface area contributed by atoms with E-state index in [0.717, 1.165) is 12.5 Å². The van der Waals surface area contributed by atoms with Crippen LogP contribution in [-0.4, -0.2) is 47.3 Å². The van der Waals surface area contributed by atoms with Crippen LogP contribution < -0.4 is 5.32 Å². The van der Waals surface area contributed by atoms with E-state index < -0.39 is 0 Å². The molecule has 2 unspecified atom stereocenters. The number of hydrogen-bond donors (Lipinski definition) is 2. The normalized spacial score (nSPS) is 28.5. The smallest absolute Gasteiger partial charge is 0.0610 e. The third kappa shape index (κ3) is 4.22. The zero-order chi connectivity index (χ0) is 13.0. The van der Waals surface area contributed by atoms with Gasteiger partial charge in [-0.15, -0.1) is 0 Å². The van der Waals surface area contributed by atoms with Gasteiger partial charge in [0, 0.05) is 17.6 Å². The van der Waals surface area contributed by atoms with Gasteiger partial charge in [-0.25, -0.2) is 0 Å². The van der Waals surface area contributed by atoms with E-state index in [9.17, 15) is 5.11 Å². The first-order valence-corrected chi connectivity index (χ1v) is 7.75. The van der Waals surface area contributed by atoms with Gasteiger partial charge in [0.25, 0.3) is 0 Å². The Morgan fingerprint density at radius 2 is 2.06 bits per heavy atom. The Hall–Kier alpha value is -0.120. The second-order valence-corrected chi connectivity index (χ2v) is 6.62. The second-order valence-electron chi connectivity index (χ2n) is 6.62. The van der Waals surface area contributed by atoms with Crippen molar-refractivity contribution < 1.29 is 5.11 Å². The first-order chi connectivity index (χ1) is 8.63. The highest BCUT2D eigenvalue weighted by Gasteiger charge is 2.31. The van der Waals surface area contributed by atoms with Crippen molar-refractivity contribution in [3.63, 3.8) is 0 Å². The van der Waals surface area contributed by atoms with Gasteiger partial charge in [-0.1, -0.05) is 6.42 Å². The van der Waals surface area contributed by atoms with E-state index in [0.29, 0.717) is 6.04 Å². The summed E-state index contributed by atoms with van der Waals surface area (Å²) < 4.78 is 0. The zero-order valence-electron chi connectivity index (χ0n) is 12.1. The molecule has 3 heteroatoms. The molecular weight excluding hydrogens is 224 g/mol. The average Bonchev–Trinajstić information content (AvgIpc) is 3.07. The maximum atomic E-state index is 9.54. The van der Waals surface area contributed by atoms with Crippen LogP contribution in [0.25, 0.3) is 0 Å². The molecule has 3 nitrogen and oxygen atoms in total. The van der Waals surface area contributed by atoms with Crippen molar-refractivity contribution in [3.8, 4) is 0 Å². The third-order valence-electron chi connectivity index (χ3n) is 4.59. The summed E-state index contributed by atoms with van der Waals surface area (Å²) in [6, 6.07) is 1.47. The van der Waals surface area contributed by atoms with Crippen LogP contribution in [0.1, 0.15) is 58.8 Å². The van der Waals surface area contributed by atoms with Crippen molar-refractivity contribution in [1.82, 2.24) is 10.2 Å². The topological polar surface area (TPSA) is 35.5 Å². The molecule has 2 atom stereocenters.